The summed E-state index contributed by atoms with van der Waals surface area (Å²) in [6.45, 7) is 1.78. The van der Waals surface area contributed by atoms with E-state index in [4.69, 9.17) is 10.2 Å². The first-order chi connectivity index (χ1) is 22.2. The summed E-state index contributed by atoms with van der Waals surface area (Å²) in [5.41, 5.74) is 7.93. The molecule has 0 unspecified atom stereocenters. The van der Waals surface area contributed by atoms with E-state index in [-0.39, 0.29) is 11.6 Å². The van der Waals surface area contributed by atoms with E-state index < -0.39 is 23.0 Å². The van der Waals surface area contributed by atoms with Gasteiger partial charge in [0.2, 0.25) is 11.8 Å². The first-order valence-electron chi connectivity index (χ1n) is 14.3. The van der Waals surface area contributed by atoms with Crippen molar-refractivity contribution in [3.8, 4) is 11.3 Å². The van der Waals surface area contributed by atoms with Crippen LogP contribution in [0.15, 0.2) is 136 Å². The molecule has 0 spiro atoms. The molecule has 5 aromatic rings. The van der Waals surface area contributed by atoms with Crippen molar-refractivity contribution >= 4 is 52.8 Å². The van der Waals surface area contributed by atoms with Gasteiger partial charge in [0.15, 0.2) is 0 Å². The lowest BCUT2D eigenvalue weighted by Crippen LogP contribution is -2.30. The van der Waals surface area contributed by atoms with Crippen LogP contribution in [0.1, 0.15) is 33.4 Å². The lowest BCUT2D eigenvalue weighted by Gasteiger charge is -2.13. The van der Waals surface area contributed by atoms with Gasteiger partial charge in [-0.1, -0.05) is 48.5 Å². The highest BCUT2D eigenvalue weighted by atomic mass is 32.2. The summed E-state index contributed by atoms with van der Waals surface area (Å²) >= 11 is 1.34. The average molecular weight is 631 g/mol. The Morgan fingerprint density at radius 1 is 0.717 bits per heavy atom. The quantitative estimate of drug-likeness (QED) is 0.0960. The molecule has 0 fully saturated rings. The monoisotopic (exact) mass is 630 g/mol. The predicted molar refractivity (Wildman–Crippen MR) is 180 cm³/mol. The summed E-state index contributed by atoms with van der Waals surface area (Å²) in [7, 11) is 0. The van der Waals surface area contributed by atoms with E-state index in [1.807, 2.05) is 30.3 Å². The van der Waals surface area contributed by atoms with Crippen LogP contribution < -0.4 is 21.7 Å². The molecule has 5 rings (SSSR count). The van der Waals surface area contributed by atoms with Crippen LogP contribution in [-0.4, -0.2) is 28.9 Å². The van der Waals surface area contributed by atoms with Crippen molar-refractivity contribution in [1.29, 1.82) is 0 Å². The molecular formula is C36H30N4O5S. The number of hydrogen-bond acceptors (Lipinski definition) is 6. The number of rotatable bonds is 11. The predicted octanol–water partition coefficient (Wildman–Crippen LogP) is 6.57. The second-order valence-electron chi connectivity index (χ2n) is 10.1. The molecule has 0 saturated heterocycles. The molecule has 0 aliphatic carbocycles. The number of anilines is 2. The fraction of sp³-hybridized carbons (Fsp3) is 0.0556. The average Bonchev–Trinajstić information content (AvgIpc) is 3.55. The molecule has 0 aliphatic heterocycles. The van der Waals surface area contributed by atoms with Crippen LogP contribution in [0.25, 0.3) is 17.4 Å². The summed E-state index contributed by atoms with van der Waals surface area (Å²) in [6, 6.07) is 35.0. The van der Waals surface area contributed by atoms with Gasteiger partial charge >= 0.3 is 0 Å². The van der Waals surface area contributed by atoms with Crippen molar-refractivity contribution in [3.63, 3.8) is 0 Å². The number of furan rings is 1. The molecule has 1 heterocycles. The molecule has 230 valence electrons. The van der Waals surface area contributed by atoms with Gasteiger partial charge in [0.05, 0.1) is 5.25 Å². The molecular weight excluding hydrogens is 600 g/mol. The molecule has 46 heavy (non-hydrogen) atoms. The van der Waals surface area contributed by atoms with Crippen molar-refractivity contribution in [2.45, 2.75) is 17.1 Å². The van der Waals surface area contributed by atoms with Crippen molar-refractivity contribution in [2.75, 3.05) is 10.6 Å². The molecule has 0 bridgehead atoms. The third kappa shape index (κ3) is 8.40. The number of nitrogens with two attached hydrogens (primary N) is 1. The Kier molecular flexibility index (Phi) is 10.1. The lowest BCUT2D eigenvalue weighted by atomic mass is 10.2. The van der Waals surface area contributed by atoms with E-state index in [1.165, 1.54) is 17.8 Å². The largest absolute Gasteiger partial charge is 0.457 e. The SMILES string of the molecule is C[C@H](Sc1ccc(NC(=O)/C(=C\c2ccc(-c3ccccc3)o2)NC(=O)c2ccccc2)cc1)C(=O)Nc1ccc(C(N)=O)cc1. The number of thioether (sulfide) groups is 1. The Morgan fingerprint density at radius 3 is 1.98 bits per heavy atom. The first-order valence-corrected chi connectivity index (χ1v) is 15.2. The molecule has 1 atom stereocenters. The number of hydrogen-bond donors (Lipinski definition) is 4. The number of carbonyl (C=O) groups excluding carboxylic acids is 4. The molecule has 1 aromatic heterocycles. The van der Waals surface area contributed by atoms with Crippen molar-refractivity contribution in [3.05, 3.63) is 144 Å². The molecule has 4 amide bonds. The maximum atomic E-state index is 13.4. The van der Waals surface area contributed by atoms with Crippen LogP contribution in [0.4, 0.5) is 11.4 Å². The van der Waals surface area contributed by atoms with Gasteiger partial charge in [-0.2, -0.15) is 0 Å². The van der Waals surface area contributed by atoms with Gasteiger partial charge in [-0.25, -0.2) is 0 Å². The molecule has 4 aromatic carbocycles. The van der Waals surface area contributed by atoms with E-state index in [1.54, 1.807) is 97.9 Å². The fourth-order valence-electron chi connectivity index (χ4n) is 4.31. The highest BCUT2D eigenvalue weighted by molar-refractivity contribution is 8.00. The molecule has 0 aliphatic rings. The Hall–Kier alpha value is -5.87. The van der Waals surface area contributed by atoms with Crippen LogP contribution >= 0.6 is 11.8 Å². The molecule has 0 radical (unpaired) electrons. The molecule has 0 saturated carbocycles. The zero-order valence-corrected chi connectivity index (χ0v) is 25.5. The van der Waals surface area contributed by atoms with Crippen LogP contribution in [0.3, 0.4) is 0 Å². The number of benzene rings is 4. The van der Waals surface area contributed by atoms with Crippen molar-refractivity contribution in [2.24, 2.45) is 5.73 Å². The number of carbonyl (C=O) groups is 4. The summed E-state index contributed by atoms with van der Waals surface area (Å²) in [4.78, 5) is 51.2. The van der Waals surface area contributed by atoms with E-state index in [2.05, 4.69) is 16.0 Å². The second kappa shape index (κ2) is 14.7. The topological polar surface area (TPSA) is 144 Å². The molecule has 5 N–H and O–H groups in total. The minimum Gasteiger partial charge on any atom is -0.457 e. The fourth-order valence-corrected chi connectivity index (χ4v) is 5.17. The summed E-state index contributed by atoms with van der Waals surface area (Å²) in [6.07, 6.45) is 1.48. The first kappa shape index (κ1) is 31.6. The summed E-state index contributed by atoms with van der Waals surface area (Å²) < 4.78 is 5.95. The normalized spacial score (nSPS) is 11.7. The maximum absolute atomic E-state index is 13.4. The molecule has 9 nitrogen and oxygen atoms in total. The van der Waals surface area contributed by atoms with Crippen LogP contribution in [0.5, 0.6) is 0 Å². The number of primary amides is 1. The van der Waals surface area contributed by atoms with Gasteiger partial charge in [0, 0.05) is 39.0 Å². The maximum Gasteiger partial charge on any atom is 0.272 e. The minimum absolute atomic E-state index is 0.00424. The van der Waals surface area contributed by atoms with Crippen LogP contribution in [-0.2, 0) is 9.59 Å². The van der Waals surface area contributed by atoms with E-state index >= 15 is 0 Å². The van der Waals surface area contributed by atoms with Gasteiger partial charge in [0.1, 0.15) is 17.2 Å². The van der Waals surface area contributed by atoms with E-state index in [0.29, 0.717) is 34.0 Å². The third-order valence-corrected chi connectivity index (χ3v) is 7.84. The summed E-state index contributed by atoms with van der Waals surface area (Å²) in [5.74, 6) is -0.734. The van der Waals surface area contributed by atoms with E-state index in [9.17, 15) is 19.2 Å². The van der Waals surface area contributed by atoms with Gasteiger partial charge in [-0.3, -0.25) is 19.2 Å². The highest BCUT2D eigenvalue weighted by Gasteiger charge is 2.18. The van der Waals surface area contributed by atoms with Crippen LogP contribution in [0.2, 0.25) is 0 Å². The number of nitrogens with one attached hydrogen (secondary N) is 3. The Bertz CT molecular complexity index is 1870. The summed E-state index contributed by atoms with van der Waals surface area (Å²) in [5, 5.41) is 7.91. The van der Waals surface area contributed by atoms with E-state index in [0.717, 1.165) is 10.5 Å². The molecule has 10 heteroatoms. The number of amides is 4. The van der Waals surface area contributed by atoms with Crippen molar-refractivity contribution < 1.29 is 23.6 Å². The smallest absolute Gasteiger partial charge is 0.272 e. The standard InChI is InChI=1S/C36H30N4O5S/c1-23(34(42)38-27-14-12-25(13-15-27)33(37)41)46-30-19-16-28(17-20-30)39-36(44)31(40-35(43)26-10-6-3-7-11-26)22-29-18-21-32(45-29)24-8-4-2-5-9-24/h2-23H,1H3,(H2,37,41)(H,38,42)(H,39,44)(H,40,43)/b31-22+/t23-/m0/s1. The third-order valence-electron chi connectivity index (χ3n) is 6.73. The minimum atomic E-state index is -0.544. The Labute approximate surface area is 269 Å². The van der Waals surface area contributed by atoms with Crippen molar-refractivity contribution in [1.82, 2.24) is 5.32 Å². The highest BCUT2D eigenvalue weighted by Crippen LogP contribution is 2.27. The van der Waals surface area contributed by atoms with Gasteiger partial charge in [-0.05, 0) is 79.7 Å². The Balaban J connectivity index is 1.26. The van der Waals surface area contributed by atoms with Gasteiger partial charge < -0.3 is 26.1 Å². The van der Waals surface area contributed by atoms with Gasteiger partial charge in [-0.15, -0.1) is 11.8 Å². The van der Waals surface area contributed by atoms with Gasteiger partial charge in [0.25, 0.3) is 11.8 Å². The zero-order chi connectivity index (χ0) is 32.5. The Morgan fingerprint density at radius 2 is 1.33 bits per heavy atom. The lowest BCUT2D eigenvalue weighted by molar-refractivity contribution is -0.115. The van der Waals surface area contributed by atoms with Crippen LogP contribution in [0, 0.1) is 0 Å². The second-order valence-corrected chi connectivity index (χ2v) is 11.5. The zero-order valence-electron chi connectivity index (χ0n) is 24.7.